The van der Waals surface area contributed by atoms with E-state index in [1.807, 2.05) is 52.0 Å². The van der Waals surface area contributed by atoms with E-state index in [1.54, 1.807) is 41.6 Å². The van der Waals surface area contributed by atoms with Gasteiger partial charge in [-0.25, -0.2) is 28.5 Å². The summed E-state index contributed by atoms with van der Waals surface area (Å²) in [6.07, 6.45) is 4.08. The number of likely N-dealkylation sites (tertiary alicyclic amines) is 1. The lowest BCUT2D eigenvalue weighted by molar-refractivity contribution is -0.120. The second-order valence-electron chi connectivity index (χ2n) is 13.5. The number of hydrogen-bond donors (Lipinski definition) is 2. The van der Waals surface area contributed by atoms with Crippen molar-refractivity contribution in [2.75, 3.05) is 23.7 Å². The highest BCUT2D eigenvalue weighted by molar-refractivity contribution is 6.05. The quantitative estimate of drug-likeness (QED) is 0.205. The second kappa shape index (κ2) is 13.3. The molecule has 1 saturated carbocycles. The van der Waals surface area contributed by atoms with Crippen LogP contribution in [0.4, 0.5) is 25.2 Å². The van der Waals surface area contributed by atoms with Gasteiger partial charge < -0.3 is 25.0 Å². The first-order chi connectivity index (χ1) is 22.8. The van der Waals surface area contributed by atoms with E-state index in [0.717, 1.165) is 29.2 Å². The zero-order valence-electron chi connectivity index (χ0n) is 27.6. The van der Waals surface area contributed by atoms with Crippen molar-refractivity contribution in [3.8, 4) is 22.9 Å². The number of aromatic nitrogens is 3. The Balaban J connectivity index is 1.22. The number of benzene rings is 2. The number of ether oxygens (including phenoxy) is 2. The van der Waals surface area contributed by atoms with Gasteiger partial charge in [-0.3, -0.25) is 4.79 Å². The van der Waals surface area contributed by atoms with Gasteiger partial charge in [-0.2, -0.15) is 0 Å². The number of aryl methyl sites for hydroxylation is 1. The molecule has 1 aliphatic heterocycles. The molecule has 12 heteroatoms. The summed E-state index contributed by atoms with van der Waals surface area (Å²) < 4.78 is 39.6. The molecule has 2 aromatic heterocycles. The number of halogens is 2. The molecule has 48 heavy (non-hydrogen) atoms. The zero-order valence-corrected chi connectivity index (χ0v) is 27.6. The van der Waals surface area contributed by atoms with Gasteiger partial charge in [-0.1, -0.05) is 24.3 Å². The largest absolute Gasteiger partial charge is 0.444 e. The number of carbonyl (C=O) groups is 2. The minimum atomic E-state index is -2.81. The summed E-state index contributed by atoms with van der Waals surface area (Å²) in [5.74, 6) is -2.66. The van der Waals surface area contributed by atoms with Crippen molar-refractivity contribution in [1.82, 2.24) is 19.9 Å². The Hall–Kier alpha value is -4.87. The normalized spacial score (nSPS) is 19.2. The maximum absolute atomic E-state index is 13.8. The molecule has 0 bridgehead atoms. The van der Waals surface area contributed by atoms with Gasteiger partial charge in [0, 0.05) is 66.7 Å². The number of amides is 2. The SMILES string of the molecule is Cc1ccc2c(NC(=O)[C@H]3CCC(F)(F)C3)cccc2c1Oc1ncccc1-c1ccnc(NC2CCCN(C(=O)OC(C)(C)C)C2)n1. The van der Waals surface area contributed by atoms with Crippen molar-refractivity contribution in [3.63, 3.8) is 0 Å². The Labute approximate surface area is 278 Å². The smallest absolute Gasteiger partial charge is 0.410 e. The minimum Gasteiger partial charge on any atom is -0.444 e. The van der Waals surface area contributed by atoms with Gasteiger partial charge >= 0.3 is 6.09 Å². The number of nitrogens with one attached hydrogen (secondary N) is 2. The van der Waals surface area contributed by atoms with Crippen LogP contribution < -0.4 is 15.4 Å². The first-order valence-corrected chi connectivity index (χ1v) is 16.3. The molecule has 252 valence electrons. The van der Waals surface area contributed by atoms with Gasteiger partial charge in [0.25, 0.3) is 0 Å². The molecule has 1 aliphatic carbocycles. The zero-order chi connectivity index (χ0) is 34.1. The second-order valence-corrected chi connectivity index (χ2v) is 13.5. The maximum Gasteiger partial charge on any atom is 0.410 e. The van der Waals surface area contributed by atoms with E-state index in [9.17, 15) is 18.4 Å². The predicted octanol–water partition coefficient (Wildman–Crippen LogP) is 7.98. The van der Waals surface area contributed by atoms with Gasteiger partial charge in [0.05, 0.1) is 11.3 Å². The topological polar surface area (TPSA) is 119 Å². The minimum absolute atomic E-state index is 0.0516. The molecule has 2 atom stereocenters. The van der Waals surface area contributed by atoms with Gasteiger partial charge in [-0.15, -0.1) is 0 Å². The van der Waals surface area contributed by atoms with Crippen LogP contribution in [0.3, 0.4) is 0 Å². The van der Waals surface area contributed by atoms with E-state index in [2.05, 4.69) is 20.6 Å². The molecule has 0 spiro atoms. The number of alkyl halides is 2. The van der Waals surface area contributed by atoms with E-state index in [1.165, 1.54) is 0 Å². The molecule has 2 amide bonds. The summed E-state index contributed by atoms with van der Waals surface area (Å²) in [5, 5.41) is 7.71. The number of carbonyl (C=O) groups excluding carboxylic acids is 2. The lowest BCUT2D eigenvalue weighted by Gasteiger charge is -2.34. The average Bonchev–Trinajstić information content (AvgIpc) is 3.42. The predicted molar refractivity (Wildman–Crippen MR) is 179 cm³/mol. The molecule has 2 aromatic carbocycles. The fourth-order valence-corrected chi connectivity index (χ4v) is 6.20. The Morgan fingerprint density at radius 2 is 1.83 bits per heavy atom. The third-order valence-electron chi connectivity index (χ3n) is 8.55. The molecule has 2 fully saturated rings. The van der Waals surface area contributed by atoms with Crippen LogP contribution in [-0.4, -0.2) is 62.5 Å². The summed E-state index contributed by atoms with van der Waals surface area (Å²) in [5.41, 5.74) is 2.03. The average molecular weight is 659 g/mol. The van der Waals surface area contributed by atoms with Crippen molar-refractivity contribution in [2.45, 2.75) is 77.4 Å². The van der Waals surface area contributed by atoms with Crippen molar-refractivity contribution < 1.29 is 27.8 Å². The van der Waals surface area contributed by atoms with Crippen molar-refractivity contribution >= 4 is 34.4 Å². The maximum atomic E-state index is 13.8. The third-order valence-corrected chi connectivity index (χ3v) is 8.55. The van der Waals surface area contributed by atoms with Crippen molar-refractivity contribution in [2.24, 2.45) is 5.92 Å². The molecular formula is C36H40F2N6O4. The number of anilines is 2. The number of fused-ring (bicyclic) bond motifs is 1. The number of piperidine rings is 1. The van der Waals surface area contributed by atoms with Crippen LogP contribution in [0.15, 0.2) is 60.9 Å². The molecule has 1 saturated heterocycles. The third kappa shape index (κ3) is 7.64. The number of pyridine rings is 1. The van der Waals surface area contributed by atoms with Gasteiger partial charge in [0.2, 0.25) is 23.7 Å². The first kappa shape index (κ1) is 33.0. The monoisotopic (exact) mass is 658 g/mol. The van der Waals surface area contributed by atoms with Crippen LogP contribution in [0.25, 0.3) is 22.0 Å². The fraction of sp³-hybridized carbons (Fsp3) is 0.417. The highest BCUT2D eigenvalue weighted by Gasteiger charge is 2.42. The molecular weight excluding hydrogens is 618 g/mol. The van der Waals surface area contributed by atoms with Crippen molar-refractivity contribution in [3.05, 3.63) is 66.5 Å². The van der Waals surface area contributed by atoms with Gasteiger partial charge in [0.15, 0.2) is 0 Å². The molecule has 0 radical (unpaired) electrons. The highest BCUT2D eigenvalue weighted by atomic mass is 19.3. The first-order valence-electron chi connectivity index (χ1n) is 16.3. The lowest BCUT2D eigenvalue weighted by atomic mass is 10.0. The molecule has 6 rings (SSSR count). The van der Waals surface area contributed by atoms with E-state index >= 15 is 0 Å². The van der Waals surface area contributed by atoms with E-state index in [-0.39, 0.29) is 25.0 Å². The Morgan fingerprint density at radius 3 is 2.60 bits per heavy atom. The lowest BCUT2D eigenvalue weighted by Crippen LogP contribution is -2.47. The van der Waals surface area contributed by atoms with Crippen molar-refractivity contribution in [1.29, 1.82) is 0 Å². The van der Waals surface area contributed by atoms with Gasteiger partial charge in [-0.05, 0) is 76.8 Å². The van der Waals surface area contributed by atoms with Crippen LogP contribution in [0, 0.1) is 12.8 Å². The number of hydrogen-bond acceptors (Lipinski definition) is 8. The Morgan fingerprint density at radius 1 is 1.00 bits per heavy atom. The summed E-state index contributed by atoms with van der Waals surface area (Å²) in [6.45, 7) is 8.57. The van der Waals surface area contributed by atoms with Crippen LogP contribution in [-0.2, 0) is 9.53 Å². The molecule has 3 heterocycles. The van der Waals surface area contributed by atoms with Crippen LogP contribution >= 0.6 is 0 Å². The summed E-state index contributed by atoms with van der Waals surface area (Å²) in [6, 6.07) is 14.6. The van der Waals surface area contributed by atoms with Gasteiger partial charge in [0.1, 0.15) is 11.4 Å². The standard InChI is InChI=1S/C36H40F2N6O4/c1-22-12-13-25-26(9-5-11-28(25)42-31(45)23-14-16-36(37,38)20-23)30(22)47-32-27(10-6-17-39-32)29-15-18-40-33(43-29)41-24-8-7-19-44(21-24)34(46)48-35(2,3)4/h5-6,9-13,15,17-18,23-24H,7-8,14,16,19-21H2,1-4H3,(H,42,45)(H,40,41,43)/t23-,24?/m0/s1. The van der Waals surface area contributed by atoms with Crippen LogP contribution in [0.5, 0.6) is 11.6 Å². The molecule has 4 aromatic rings. The molecule has 2 N–H and O–H groups in total. The highest BCUT2D eigenvalue weighted by Crippen LogP contribution is 2.41. The fourth-order valence-electron chi connectivity index (χ4n) is 6.20. The summed E-state index contributed by atoms with van der Waals surface area (Å²) in [4.78, 5) is 41.0. The summed E-state index contributed by atoms with van der Waals surface area (Å²) >= 11 is 0. The van der Waals surface area contributed by atoms with Crippen LogP contribution in [0.1, 0.15) is 58.4 Å². The Kier molecular flexibility index (Phi) is 9.18. The molecule has 10 nitrogen and oxygen atoms in total. The van der Waals surface area contributed by atoms with Crippen LogP contribution in [0.2, 0.25) is 0 Å². The van der Waals surface area contributed by atoms with E-state index in [0.29, 0.717) is 47.6 Å². The Bertz CT molecular complexity index is 1830. The molecule has 1 unspecified atom stereocenters. The molecule has 2 aliphatic rings. The van der Waals surface area contributed by atoms with E-state index < -0.39 is 29.8 Å². The number of nitrogens with zero attached hydrogens (tertiary/aromatic N) is 4. The van der Waals surface area contributed by atoms with E-state index in [4.69, 9.17) is 14.5 Å². The number of rotatable bonds is 7. The summed E-state index contributed by atoms with van der Waals surface area (Å²) in [7, 11) is 0.